The SMILES string of the molecule is CC[C@@H](C)C(=O)N[C@H]1CN(C(=O)CS(C)(=O)=O)c2ccc(C#N)cc2N(Cc2nn(-c3ccccc3C#N)c3ccccc23)C1=O.Cl. The Kier molecular flexibility index (Phi) is 10.3. The molecule has 1 aromatic heterocycles. The molecule has 242 valence electrons. The monoisotopic (exact) mass is 673 g/mol. The summed E-state index contributed by atoms with van der Waals surface area (Å²) in [6.07, 6.45) is 1.44. The maximum Gasteiger partial charge on any atom is 0.251 e. The molecule has 5 rings (SSSR count). The first-order valence-corrected chi connectivity index (χ1v) is 16.6. The van der Waals surface area contributed by atoms with Gasteiger partial charge in [-0.2, -0.15) is 15.6 Å². The van der Waals surface area contributed by atoms with Crippen molar-refractivity contribution in [3.8, 4) is 17.8 Å². The van der Waals surface area contributed by atoms with Gasteiger partial charge in [-0.3, -0.25) is 14.4 Å². The Morgan fingerprint density at radius 2 is 1.72 bits per heavy atom. The number of halogens is 1. The fraction of sp³-hybridized carbons (Fsp3) is 0.273. The zero-order valence-corrected chi connectivity index (χ0v) is 27.5. The first-order chi connectivity index (χ1) is 21.9. The second-order valence-electron chi connectivity index (χ2n) is 11.2. The molecule has 2 atom stereocenters. The lowest BCUT2D eigenvalue weighted by atomic mass is 10.1. The highest BCUT2D eigenvalue weighted by molar-refractivity contribution is 7.91. The molecule has 14 heteroatoms. The second kappa shape index (κ2) is 14.0. The topological polar surface area (TPSA) is 169 Å². The number of hydrogen-bond donors (Lipinski definition) is 1. The minimum Gasteiger partial charge on any atom is -0.342 e. The quantitative estimate of drug-likeness (QED) is 0.296. The number of carbonyl (C=O) groups is 3. The van der Waals surface area contributed by atoms with Gasteiger partial charge in [-0.05, 0) is 42.8 Å². The van der Waals surface area contributed by atoms with Crippen molar-refractivity contribution >= 4 is 62.2 Å². The van der Waals surface area contributed by atoms with Crippen LogP contribution >= 0.6 is 12.4 Å². The van der Waals surface area contributed by atoms with Crippen molar-refractivity contribution in [1.82, 2.24) is 15.1 Å². The summed E-state index contributed by atoms with van der Waals surface area (Å²) in [5.74, 6) is -3.01. The highest BCUT2D eigenvalue weighted by Crippen LogP contribution is 2.36. The van der Waals surface area contributed by atoms with E-state index in [0.717, 1.165) is 6.26 Å². The summed E-state index contributed by atoms with van der Waals surface area (Å²) in [4.78, 5) is 43.5. The van der Waals surface area contributed by atoms with E-state index in [-0.39, 0.29) is 42.4 Å². The van der Waals surface area contributed by atoms with Gasteiger partial charge >= 0.3 is 0 Å². The van der Waals surface area contributed by atoms with Crippen LogP contribution in [0, 0.1) is 28.6 Å². The van der Waals surface area contributed by atoms with E-state index in [9.17, 15) is 33.3 Å². The van der Waals surface area contributed by atoms with Gasteiger partial charge in [0.2, 0.25) is 11.8 Å². The molecular formula is C33H32ClN7O5S. The van der Waals surface area contributed by atoms with Crippen LogP contribution in [-0.2, 0) is 30.8 Å². The molecular weight excluding hydrogens is 642 g/mol. The number of benzene rings is 3. The van der Waals surface area contributed by atoms with E-state index < -0.39 is 45.3 Å². The fourth-order valence-electron chi connectivity index (χ4n) is 5.35. The normalized spacial score (nSPS) is 15.1. The molecule has 0 saturated carbocycles. The number of amides is 3. The Morgan fingerprint density at radius 3 is 2.40 bits per heavy atom. The fourth-order valence-corrected chi connectivity index (χ4v) is 5.95. The summed E-state index contributed by atoms with van der Waals surface area (Å²) < 4.78 is 25.9. The number of hydrogen-bond acceptors (Lipinski definition) is 8. The molecule has 3 aromatic carbocycles. The summed E-state index contributed by atoms with van der Waals surface area (Å²) in [5, 5.41) is 27.8. The van der Waals surface area contributed by atoms with E-state index in [1.54, 1.807) is 35.9 Å². The van der Waals surface area contributed by atoms with Crippen LogP contribution in [0.2, 0.25) is 0 Å². The Bertz CT molecular complexity index is 2070. The summed E-state index contributed by atoms with van der Waals surface area (Å²) in [6.45, 7) is 3.09. The number of sulfone groups is 1. The smallest absolute Gasteiger partial charge is 0.251 e. The Balaban J connectivity index is 0.00000500. The molecule has 12 nitrogen and oxygen atoms in total. The van der Waals surface area contributed by atoms with Crippen LogP contribution in [0.1, 0.15) is 37.1 Å². The largest absolute Gasteiger partial charge is 0.342 e. The number of rotatable bonds is 8. The number of anilines is 2. The molecule has 0 fully saturated rings. The third kappa shape index (κ3) is 7.12. The number of aromatic nitrogens is 2. The third-order valence-electron chi connectivity index (χ3n) is 7.90. The number of nitrogens with zero attached hydrogens (tertiary/aromatic N) is 6. The Labute approximate surface area is 278 Å². The molecule has 0 saturated heterocycles. The number of carbonyl (C=O) groups excluding carboxylic acids is 3. The molecule has 1 aliphatic heterocycles. The van der Waals surface area contributed by atoms with Gasteiger partial charge in [-0.15, -0.1) is 12.4 Å². The maximum atomic E-state index is 14.4. The van der Waals surface area contributed by atoms with E-state index in [0.29, 0.717) is 34.3 Å². The molecule has 0 spiro atoms. The second-order valence-corrected chi connectivity index (χ2v) is 13.3. The Hall–Kier alpha value is -5.24. The van der Waals surface area contributed by atoms with E-state index in [1.165, 1.54) is 28.0 Å². The summed E-state index contributed by atoms with van der Waals surface area (Å²) in [5.41, 5.74) is 2.66. The van der Waals surface area contributed by atoms with Gasteiger partial charge in [-0.1, -0.05) is 44.2 Å². The molecule has 0 unspecified atom stereocenters. The van der Waals surface area contributed by atoms with Gasteiger partial charge in [0, 0.05) is 17.6 Å². The molecule has 1 aliphatic rings. The van der Waals surface area contributed by atoms with Crippen LogP contribution in [0.5, 0.6) is 0 Å². The summed E-state index contributed by atoms with van der Waals surface area (Å²) in [6, 6.07) is 21.7. The molecule has 3 amide bonds. The van der Waals surface area contributed by atoms with Crippen molar-refractivity contribution in [1.29, 1.82) is 10.5 Å². The maximum absolute atomic E-state index is 14.4. The first kappa shape index (κ1) is 34.6. The van der Waals surface area contributed by atoms with Crippen molar-refractivity contribution in [2.75, 3.05) is 28.4 Å². The van der Waals surface area contributed by atoms with Crippen LogP contribution in [0.3, 0.4) is 0 Å². The van der Waals surface area contributed by atoms with Gasteiger partial charge in [0.25, 0.3) is 5.91 Å². The lowest BCUT2D eigenvalue weighted by Gasteiger charge is -2.26. The highest BCUT2D eigenvalue weighted by Gasteiger charge is 2.38. The Morgan fingerprint density at radius 1 is 1.02 bits per heavy atom. The van der Waals surface area contributed by atoms with Crippen molar-refractivity contribution in [3.63, 3.8) is 0 Å². The molecule has 4 aromatic rings. The van der Waals surface area contributed by atoms with Gasteiger partial charge in [0.1, 0.15) is 17.9 Å². The van der Waals surface area contributed by atoms with Crippen LogP contribution in [0.15, 0.2) is 66.7 Å². The van der Waals surface area contributed by atoms with E-state index in [2.05, 4.69) is 17.5 Å². The molecule has 1 N–H and O–H groups in total. The van der Waals surface area contributed by atoms with Crippen molar-refractivity contribution in [3.05, 3.63) is 83.6 Å². The van der Waals surface area contributed by atoms with Crippen LogP contribution in [-0.4, -0.2) is 60.5 Å². The van der Waals surface area contributed by atoms with Crippen molar-refractivity contribution in [2.45, 2.75) is 32.9 Å². The number of nitriles is 2. The summed E-state index contributed by atoms with van der Waals surface area (Å²) >= 11 is 0. The first-order valence-electron chi connectivity index (χ1n) is 14.6. The highest BCUT2D eigenvalue weighted by atomic mass is 35.5. The zero-order chi connectivity index (χ0) is 33.2. The van der Waals surface area contributed by atoms with E-state index in [1.807, 2.05) is 31.2 Å². The van der Waals surface area contributed by atoms with E-state index in [4.69, 9.17) is 5.10 Å². The average molecular weight is 674 g/mol. The predicted octanol–water partition coefficient (Wildman–Crippen LogP) is 3.65. The number of fused-ring (bicyclic) bond motifs is 2. The minimum absolute atomic E-state index is 0. The molecule has 0 radical (unpaired) electrons. The average Bonchev–Trinajstić information content (AvgIpc) is 3.36. The molecule has 2 heterocycles. The third-order valence-corrected chi connectivity index (χ3v) is 8.67. The summed E-state index contributed by atoms with van der Waals surface area (Å²) in [7, 11) is -3.75. The van der Waals surface area contributed by atoms with Crippen molar-refractivity contribution in [2.24, 2.45) is 5.92 Å². The lowest BCUT2D eigenvalue weighted by molar-refractivity contribution is -0.129. The minimum atomic E-state index is -3.75. The van der Waals surface area contributed by atoms with Gasteiger partial charge in [-0.25, -0.2) is 13.1 Å². The predicted molar refractivity (Wildman–Crippen MR) is 179 cm³/mol. The standard InChI is InChI=1S/C33H31N7O5S.ClH/c1-4-21(2)32(42)36-26-19-38(31(41)20-46(3,44)45)29-14-13-22(16-34)15-30(29)39(33(26)43)18-25-24-10-6-8-12-28(24)40(37-25)27-11-7-5-9-23(27)17-35;/h5-15,21,26H,4,18-20H2,1-3H3,(H,36,42);1H/t21-,26+;/m1./s1. The number of nitrogens with one attached hydrogen (secondary N) is 1. The molecule has 0 aliphatic carbocycles. The number of para-hydroxylation sites is 2. The molecule has 47 heavy (non-hydrogen) atoms. The van der Waals surface area contributed by atoms with Gasteiger partial charge < -0.3 is 15.1 Å². The van der Waals surface area contributed by atoms with Crippen LogP contribution in [0.25, 0.3) is 16.6 Å². The van der Waals surface area contributed by atoms with E-state index >= 15 is 0 Å². The van der Waals surface area contributed by atoms with Gasteiger partial charge in [0.05, 0.1) is 58.6 Å². The van der Waals surface area contributed by atoms with Crippen LogP contribution < -0.4 is 15.1 Å². The van der Waals surface area contributed by atoms with Crippen molar-refractivity contribution < 1.29 is 22.8 Å². The van der Waals surface area contributed by atoms with Gasteiger partial charge in [0.15, 0.2) is 9.84 Å². The zero-order valence-electron chi connectivity index (χ0n) is 25.9. The molecule has 0 bridgehead atoms. The lowest BCUT2D eigenvalue weighted by Crippen LogP contribution is -2.54. The van der Waals surface area contributed by atoms with Crippen LogP contribution in [0.4, 0.5) is 11.4 Å².